The first kappa shape index (κ1) is 26.3. The summed E-state index contributed by atoms with van der Waals surface area (Å²) >= 11 is 0. The SMILES string of the molecule is CCCC[C@@H](NS(=O)(=O)c1ccc(C)cc1)C(=O)Oc1ccc2c(-c3ccccc3)cc(=O)oc2c1C. The first-order valence-electron chi connectivity index (χ1n) is 12.1. The number of hydrogen-bond donors (Lipinski definition) is 1. The van der Waals surface area contributed by atoms with Gasteiger partial charge in [0.2, 0.25) is 10.0 Å². The fourth-order valence-electron chi connectivity index (χ4n) is 4.10. The monoisotopic (exact) mass is 519 g/mol. The van der Waals surface area contributed by atoms with Gasteiger partial charge in [-0.1, -0.05) is 67.8 Å². The van der Waals surface area contributed by atoms with E-state index in [2.05, 4.69) is 4.72 Å². The molecule has 0 fully saturated rings. The first-order chi connectivity index (χ1) is 17.7. The molecule has 0 saturated heterocycles. The highest BCUT2D eigenvalue weighted by Crippen LogP contribution is 2.33. The lowest BCUT2D eigenvalue weighted by Crippen LogP contribution is -2.43. The molecule has 1 aromatic heterocycles. The molecule has 0 saturated carbocycles. The number of rotatable bonds is 9. The molecule has 37 heavy (non-hydrogen) atoms. The molecular weight excluding hydrogens is 490 g/mol. The third-order valence-electron chi connectivity index (χ3n) is 6.17. The van der Waals surface area contributed by atoms with Gasteiger partial charge in [0.1, 0.15) is 17.4 Å². The molecule has 0 spiro atoms. The van der Waals surface area contributed by atoms with E-state index in [9.17, 15) is 18.0 Å². The van der Waals surface area contributed by atoms with Gasteiger partial charge in [0, 0.05) is 17.0 Å². The number of ether oxygens (including phenoxy) is 1. The predicted octanol–water partition coefficient (Wildman–Crippen LogP) is 5.52. The van der Waals surface area contributed by atoms with Crippen LogP contribution >= 0.6 is 0 Å². The Morgan fingerprint density at radius 2 is 1.70 bits per heavy atom. The second-order valence-electron chi connectivity index (χ2n) is 8.96. The molecule has 192 valence electrons. The van der Waals surface area contributed by atoms with E-state index >= 15 is 0 Å². The van der Waals surface area contributed by atoms with Gasteiger partial charge in [-0.2, -0.15) is 4.72 Å². The van der Waals surface area contributed by atoms with Crippen LogP contribution in [-0.2, 0) is 14.8 Å². The Labute approximate surface area is 216 Å². The third kappa shape index (κ3) is 5.98. The maximum atomic E-state index is 13.2. The fraction of sp³-hybridized carbons (Fsp3) is 0.241. The second-order valence-corrected chi connectivity index (χ2v) is 10.7. The molecule has 0 unspecified atom stereocenters. The van der Waals surface area contributed by atoms with Crippen LogP contribution in [0.3, 0.4) is 0 Å². The van der Waals surface area contributed by atoms with Crippen LogP contribution in [-0.4, -0.2) is 20.4 Å². The van der Waals surface area contributed by atoms with Crippen molar-refractivity contribution in [2.45, 2.75) is 51.0 Å². The van der Waals surface area contributed by atoms with E-state index in [1.807, 2.05) is 44.2 Å². The van der Waals surface area contributed by atoms with Crippen LogP contribution in [0.1, 0.15) is 37.3 Å². The van der Waals surface area contributed by atoms with Gasteiger partial charge in [0.25, 0.3) is 0 Å². The molecule has 1 N–H and O–H groups in total. The number of nitrogens with one attached hydrogen (secondary N) is 1. The predicted molar refractivity (Wildman–Crippen MR) is 143 cm³/mol. The summed E-state index contributed by atoms with van der Waals surface area (Å²) in [6, 6.07) is 19.6. The topological polar surface area (TPSA) is 103 Å². The lowest BCUT2D eigenvalue weighted by Gasteiger charge is -2.19. The number of carbonyl (C=O) groups excluding carboxylic acids is 1. The fourth-order valence-corrected chi connectivity index (χ4v) is 5.31. The molecule has 4 aromatic rings. The van der Waals surface area contributed by atoms with Gasteiger partial charge in [0.05, 0.1) is 4.90 Å². The summed E-state index contributed by atoms with van der Waals surface area (Å²) in [5.41, 5.74) is 2.74. The highest BCUT2D eigenvalue weighted by molar-refractivity contribution is 7.89. The number of hydrogen-bond acceptors (Lipinski definition) is 6. The van der Waals surface area contributed by atoms with Crippen molar-refractivity contribution in [3.05, 3.63) is 94.3 Å². The van der Waals surface area contributed by atoms with Crippen molar-refractivity contribution in [2.75, 3.05) is 0 Å². The average molecular weight is 520 g/mol. The Kier molecular flexibility index (Phi) is 7.90. The first-order valence-corrected chi connectivity index (χ1v) is 13.6. The number of unbranched alkanes of at least 4 members (excludes halogenated alkanes) is 1. The highest BCUT2D eigenvalue weighted by Gasteiger charge is 2.28. The Hall–Kier alpha value is -3.75. The number of esters is 1. The van der Waals surface area contributed by atoms with Gasteiger partial charge in [-0.25, -0.2) is 18.0 Å². The standard InChI is InChI=1S/C29H29NO6S/c1-4-5-11-25(30-37(33,34)22-14-12-19(2)13-15-22)29(32)35-26-17-16-23-24(21-9-7-6-8-10-21)18-27(31)36-28(23)20(26)3/h6-10,12-18,25,30H,4-5,11H2,1-3H3/t25-/m1/s1. The number of benzene rings is 3. The van der Waals surface area contributed by atoms with Crippen LogP contribution in [0, 0.1) is 13.8 Å². The molecule has 0 amide bonds. The average Bonchev–Trinajstić information content (AvgIpc) is 2.88. The van der Waals surface area contributed by atoms with E-state index in [-0.39, 0.29) is 17.1 Å². The van der Waals surface area contributed by atoms with E-state index in [0.717, 1.165) is 17.5 Å². The molecule has 7 nitrogen and oxygen atoms in total. The normalized spacial score (nSPS) is 12.4. The molecule has 1 atom stereocenters. The number of sulfonamides is 1. The van der Waals surface area contributed by atoms with Gasteiger partial charge < -0.3 is 9.15 Å². The summed E-state index contributed by atoms with van der Waals surface area (Å²) in [4.78, 5) is 25.6. The van der Waals surface area contributed by atoms with Crippen LogP contribution in [0.25, 0.3) is 22.1 Å². The number of carbonyl (C=O) groups is 1. The third-order valence-corrected chi connectivity index (χ3v) is 7.65. The van der Waals surface area contributed by atoms with Crippen LogP contribution in [0.2, 0.25) is 0 Å². The van der Waals surface area contributed by atoms with E-state index in [1.54, 1.807) is 31.2 Å². The van der Waals surface area contributed by atoms with Crippen molar-refractivity contribution in [3.63, 3.8) is 0 Å². The van der Waals surface area contributed by atoms with Crippen molar-refractivity contribution in [1.29, 1.82) is 0 Å². The summed E-state index contributed by atoms with van der Waals surface area (Å²) < 4.78 is 39.6. The maximum absolute atomic E-state index is 13.2. The molecule has 0 radical (unpaired) electrons. The van der Waals surface area contributed by atoms with Crippen molar-refractivity contribution in [3.8, 4) is 16.9 Å². The summed E-state index contributed by atoms with van der Waals surface area (Å²) in [6.45, 7) is 5.51. The second kappa shape index (κ2) is 11.1. The Bertz CT molecular complexity index is 1580. The van der Waals surface area contributed by atoms with Crippen molar-refractivity contribution in [2.24, 2.45) is 0 Å². The van der Waals surface area contributed by atoms with Crippen molar-refractivity contribution < 1.29 is 22.4 Å². The minimum absolute atomic E-state index is 0.0736. The van der Waals surface area contributed by atoms with Crippen LogP contribution in [0.5, 0.6) is 5.75 Å². The molecule has 0 bridgehead atoms. The van der Waals surface area contributed by atoms with Gasteiger partial charge in [0.15, 0.2) is 0 Å². The van der Waals surface area contributed by atoms with Crippen LogP contribution in [0.15, 0.2) is 86.9 Å². The van der Waals surface area contributed by atoms with Gasteiger partial charge in [-0.3, -0.25) is 0 Å². The van der Waals surface area contributed by atoms with Crippen LogP contribution in [0.4, 0.5) is 0 Å². The Morgan fingerprint density at radius 3 is 2.38 bits per heavy atom. The van der Waals surface area contributed by atoms with Crippen molar-refractivity contribution in [1.82, 2.24) is 4.72 Å². The van der Waals surface area contributed by atoms with E-state index in [4.69, 9.17) is 9.15 Å². The van der Waals surface area contributed by atoms with Gasteiger partial charge >= 0.3 is 11.6 Å². The molecule has 0 aliphatic rings. The summed E-state index contributed by atoms with van der Waals surface area (Å²) in [5, 5.41) is 0.700. The molecule has 1 heterocycles. The maximum Gasteiger partial charge on any atom is 0.336 e. The minimum Gasteiger partial charge on any atom is -0.425 e. The largest absolute Gasteiger partial charge is 0.425 e. The lowest BCUT2D eigenvalue weighted by molar-refractivity contribution is -0.136. The summed E-state index contributed by atoms with van der Waals surface area (Å²) in [5.74, 6) is -0.532. The van der Waals surface area contributed by atoms with Crippen molar-refractivity contribution >= 4 is 27.0 Å². The molecular formula is C29H29NO6S. The van der Waals surface area contributed by atoms with Gasteiger partial charge in [-0.15, -0.1) is 0 Å². The summed E-state index contributed by atoms with van der Waals surface area (Å²) in [7, 11) is -3.94. The Balaban J connectivity index is 1.65. The molecule has 4 rings (SSSR count). The van der Waals surface area contributed by atoms with E-state index in [1.165, 1.54) is 18.2 Å². The zero-order chi connectivity index (χ0) is 26.6. The number of aryl methyl sites for hydroxylation is 2. The van der Waals surface area contributed by atoms with E-state index < -0.39 is 27.7 Å². The number of fused-ring (bicyclic) bond motifs is 1. The minimum atomic E-state index is -3.94. The zero-order valence-corrected chi connectivity index (χ0v) is 21.8. The lowest BCUT2D eigenvalue weighted by atomic mass is 10.00. The molecule has 0 aliphatic heterocycles. The highest BCUT2D eigenvalue weighted by atomic mass is 32.2. The van der Waals surface area contributed by atoms with E-state index in [0.29, 0.717) is 28.5 Å². The molecule has 0 aliphatic carbocycles. The Morgan fingerprint density at radius 1 is 1.00 bits per heavy atom. The van der Waals surface area contributed by atoms with Crippen LogP contribution < -0.4 is 15.1 Å². The molecule has 8 heteroatoms. The van der Waals surface area contributed by atoms with Gasteiger partial charge in [-0.05, 0) is 55.7 Å². The quantitative estimate of drug-likeness (QED) is 0.177. The summed E-state index contributed by atoms with van der Waals surface area (Å²) in [6.07, 6.45) is 1.68. The zero-order valence-electron chi connectivity index (χ0n) is 21.0. The molecule has 3 aromatic carbocycles. The smallest absolute Gasteiger partial charge is 0.336 e.